The van der Waals surface area contributed by atoms with Gasteiger partial charge in [0.1, 0.15) is 11.6 Å². The van der Waals surface area contributed by atoms with Crippen LogP contribution < -0.4 is 11.1 Å². The summed E-state index contributed by atoms with van der Waals surface area (Å²) in [6.07, 6.45) is 9.77. The summed E-state index contributed by atoms with van der Waals surface area (Å²) in [6, 6.07) is 5.23. The van der Waals surface area contributed by atoms with Crippen molar-refractivity contribution in [2.24, 2.45) is 11.7 Å². The van der Waals surface area contributed by atoms with E-state index in [2.05, 4.69) is 45.8 Å². The van der Waals surface area contributed by atoms with Crippen LogP contribution in [-0.4, -0.2) is 50.1 Å². The van der Waals surface area contributed by atoms with Gasteiger partial charge in [-0.2, -0.15) is 0 Å². The quantitative estimate of drug-likeness (QED) is 0.515. The smallest absolute Gasteiger partial charge is 0.258 e. The molecule has 1 saturated carbocycles. The fraction of sp³-hybridized carbons (Fsp3) is 0.704. The molecule has 2 aromatic rings. The molecule has 3 atom stereocenters. The molecule has 9 heteroatoms. The third kappa shape index (κ3) is 5.09. The van der Waals surface area contributed by atoms with Crippen LogP contribution in [0.15, 0.2) is 12.1 Å². The van der Waals surface area contributed by atoms with Gasteiger partial charge in [-0.25, -0.2) is 0 Å². The lowest BCUT2D eigenvalue weighted by atomic mass is 9.95. The number of thiophene rings is 1. The van der Waals surface area contributed by atoms with Gasteiger partial charge in [0, 0.05) is 41.4 Å². The molecule has 2 saturated heterocycles. The molecular weight excluding hydrogens is 472 g/mol. The average Bonchev–Trinajstić information content (AvgIpc) is 3.63. The molecule has 196 valence electrons. The maximum Gasteiger partial charge on any atom is 0.258 e. The average molecular weight is 513 g/mol. The normalized spacial score (nSPS) is 25.5. The number of primary amides is 1. The number of hydrogen-bond acceptors (Lipinski definition) is 6. The summed E-state index contributed by atoms with van der Waals surface area (Å²) < 4.78 is 2.40. The minimum Gasteiger partial charge on any atom is -0.365 e. The molecule has 36 heavy (non-hydrogen) atoms. The van der Waals surface area contributed by atoms with E-state index >= 15 is 0 Å². The van der Waals surface area contributed by atoms with Crippen LogP contribution in [0.1, 0.15) is 116 Å². The Balaban J connectivity index is 1.28. The number of fused-ring (bicyclic) bond motifs is 2. The van der Waals surface area contributed by atoms with Gasteiger partial charge in [-0.15, -0.1) is 21.5 Å². The van der Waals surface area contributed by atoms with Crippen molar-refractivity contribution in [1.29, 1.82) is 0 Å². The number of hydrogen-bond donors (Lipinski definition) is 2. The van der Waals surface area contributed by atoms with Gasteiger partial charge in [0.05, 0.1) is 10.9 Å². The predicted molar refractivity (Wildman–Crippen MR) is 141 cm³/mol. The number of carbonyl (C=O) groups excluding carboxylic acids is 2. The molecule has 3 N–H and O–H groups in total. The fourth-order valence-electron chi connectivity index (χ4n) is 6.77. The third-order valence-electron chi connectivity index (χ3n) is 8.57. The Morgan fingerprint density at radius 1 is 1.08 bits per heavy atom. The highest BCUT2D eigenvalue weighted by Crippen LogP contribution is 2.42. The molecule has 0 spiro atoms. The van der Waals surface area contributed by atoms with E-state index < -0.39 is 5.91 Å². The van der Waals surface area contributed by atoms with Crippen LogP contribution in [0.2, 0.25) is 0 Å². The Morgan fingerprint density at radius 3 is 2.39 bits per heavy atom. The molecule has 0 radical (unpaired) electrons. The number of amides is 2. The van der Waals surface area contributed by atoms with E-state index in [0.717, 1.165) is 68.0 Å². The van der Waals surface area contributed by atoms with Crippen LogP contribution in [0.4, 0.5) is 0 Å². The lowest BCUT2D eigenvalue weighted by Gasteiger charge is -2.40. The largest absolute Gasteiger partial charge is 0.365 e. The standard InChI is InChI=1S/C27H40N6O2S/c1-16(2)26-31-30-17(3)33(26)21-14-19-8-9-20(15-21)32(19)13-12-22(23-10-11-24(36-23)25(28)34)29-27(35)18-6-4-5-7-18/h10-11,16,18-22H,4-9,12-15H2,1-3H3,(H2,28,34)(H,29,35)/t19-,20-,22-/m0/s1. The Morgan fingerprint density at radius 2 is 1.78 bits per heavy atom. The summed E-state index contributed by atoms with van der Waals surface area (Å²) in [5, 5.41) is 12.2. The topological polar surface area (TPSA) is 106 Å². The first kappa shape index (κ1) is 25.4. The lowest BCUT2D eigenvalue weighted by Crippen LogP contribution is -2.45. The van der Waals surface area contributed by atoms with Crippen LogP contribution in [0.5, 0.6) is 0 Å². The summed E-state index contributed by atoms with van der Waals surface area (Å²) >= 11 is 1.42. The van der Waals surface area contributed by atoms with E-state index in [-0.39, 0.29) is 17.9 Å². The van der Waals surface area contributed by atoms with Crippen LogP contribution in [0.3, 0.4) is 0 Å². The number of nitrogens with two attached hydrogens (primary N) is 1. The first-order valence-corrected chi connectivity index (χ1v) is 14.5. The van der Waals surface area contributed by atoms with E-state index in [0.29, 0.717) is 28.9 Å². The summed E-state index contributed by atoms with van der Waals surface area (Å²) in [7, 11) is 0. The molecule has 1 aliphatic carbocycles. The molecule has 3 aliphatic rings. The van der Waals surface area contributed by atoms with E-state index in [4.69, 9.17) is 5.73 Å². The van der Waals surface area contributed by atoms with Crippen LogP contribution in [0.25, 0.3) is 0 Å². The maximum absolute atomic E-state index is 13.0. The van der Waals surface area contributed by atoms with Gasteiger partial charge in [-0.1, -0.05) is 26.7 Å². The molecule has 0 aromatic carbocycles. The Labute approximate surface area is 218 Å². The molecule has 3 fully saturated rings. The van der Waals surface area contributed by atoms with E-state index in [1.807, 2.05) is 6.07 Å². The van der Waals surface area contributed by atoms with E-state index in [1.165, 1.54) is 24.2 Å². The number of carbonyl (C=O) groups is 2. The zero-order chi connectivity index (χ0) is 25.4. The maximum atomic E-state index is 13.0. The first-order valence-electron chi connectivity index (χ1n) is 13.7. The van der Waals surface area contributed by atoms with Crippen molar-refractivity contribution in [3.05, 3.63) is 33.5 Å². The third-order valence-corrected chi connectivity index (χ3v) is 9.78. The molecule has 2 bridgehead atoms. The molecular formula is C27H40N6O2S. The fourth-order valence-corrected chi connectivity index (χ4v) is 7.71. The van der Waals surface area contributed by atoms with Gasteiger partial charge in [-0.05, 0) is 64.0 Å². The van der Waals surface area contributed by atoms with Crippen molar-refractivity contribution in [3.63, 3.8) is 0 Å². The minimum atomic E-state index is -0.405. The highest BCUT2D eigenvalue weighted by molar-refractivity contribution is 7.14. The molecule has 0 unspecified atom stereocenters. The first-order chi connectivity index (χ1) is 17.3. The highest BCUT2D eigenvalue weighted by Gasteiger charge is 2.42. The molecule has 5 rings (SSSR count). The molecule has 2 aliphatic heterocycles. The Bertz CT molecular complexity index is 1070. The molecule has 4 heterocycles. The zero-order valence-corrected chi connectivity index (χ0v) is 22.6. The SMILES string of the molecule is Cc1nnc(C(C)C)n1C1C[C@@H]2CC[C@@H](C1)N2CC[C@H](NC(=O)C1CCCC1)c1ccc(C(N)=O)s1. The molecule has 2 aromatic heterocycles. The Hall–Kier alpha value is -2.26. The van der Waals surface area contributed by atoms with E-state index in [1.54, 1.807) is 6.07 Å². The van der Waals surface area contributed by atoms with Crippen molar-refractivity contribution in [2.75, 3.05) is 6.54 Å². The summed E-state index contributed by atoms with van der Waals surface area (Å²) in [6.45, 7) is 7.40. The predicted octanol–water partition coefficient (Wildman–Crippen LogP) is 4.48. The van der Waals surface area contributed by atoms with Gasteiger partial charge in [0.25, 0.3) is 5.91 Å². The number of aryl methyl sites for hydroxylation is 1. The zero-order valence-electron chi connectivity index (χ0n) is 21.8. The van der Waals surface area contributed by atoms with Crippen LogP contribution in [-0.2, 0) is 4.79 Å². The monoisotopic (exact) mass is 512 g/mol. The van der Waals surface area contributed by atoms with Crippen LogP contribution >= 0.6 is 11.3 Å². The van der Waals surface area contributed by atoms with Gasteiger partial charge in [-0.3, -0.25) is 14.5 Å². The Kier molecular flexibility index (Phi) is 7.49. The summed E-state index contributed by atoms with van der Waals surface area (Å²) in [5.41, 5.74) is 5.52. The second kappa shape index (κ2) is 10.6. The van der Waals surface area contributed by atoms with Crippen LogP contribution in [0, 0.1) is 12.8 Å². The molecule has 8 nitrogen and oxygen atoms in total. The number of piperidine rings is 1. The van der Waals surface area contributed by atoms with Crippen molar-refractivity contribution in [2.45, 2.75) is 109 Å². The van der Waals surface area contributed by atoms with Gasteiger partial charge in [0.15, 0.2) is 0 Å². The number of nitrogens with zero attached hydrogens (tertiary/aromatic N) is 4. The summed E-state index contributed by atoms with van der Waals surface area (Å²) in [5.74, 6) is 2.37. The number of nitrogens with one attached hydrogen (secondary N) is 1. The van der Waals surface area contributed by atoms with Crippen molar-refractivity contribution < 1.29 is 9.59 Å². The van der Waals surface area contributed by atoms with Crippen molar-refractivity contribution >= 4 is 23.2 Å². The van der Waals surface area contributed by atoms with Gasteiger partial charge < -0.3 is 15.6 Å². The summed E-state index contributed by atoms with van der Waals surface area (Å²) in [4.78, 5) is 29.0. The lowest BCUT2D eigenvalue weighted by molar-refractivity contribution is -0.125. The molecule has 2 amide bonds. The van der Waals surface area contributed by atoms with Gasteiger partial charge >= 0.3 is 0 Å². The van der Waals surface area contributed by atoms with Gasteiger partial charge in [0.2, 0.25) is 5.91 Å². The number of rotatable bonds is 9. The van der Waals surface area contributed by atoms with E-state index in [9.17, 15) is 9.59 Å². The highest BCUT2D eigenvalue weighted by atomic mass is 32.1. The minimum absolute atomic E-state index is 0.0824. The second-order valence-corrected chi connectivity index (χ2v) is 12.4. The van der Waals surface area contributed by atoms with Crippen molar-refractivity contribution in [3.8, 4) is 0 Å². The number of aromatic nitrogens is 3. The van der Waals surface area contributed by atoms with Crippen molar-refractivity contribution in [1.82, 2.24) is 25.0 Å². The second-order valence-electron chi connectivity index (χ2n) is 11.3.